The molecule has 1 aliphatic rings. The predicted molar refractivity (Wildman–Crippen MR) is 101 cm³/mol. The molecule has 0 radical (unpaired) electrons. The van der Waals surface area contributed by atoms with Crippen LogP contribution in [-0.4, -0.2) is 34.1 Å². The van der Waals surface area contributed by atoms with Gasteiger partial charge in [-0.25, -0.2) is 4.68 Å². The molecule has 0 spiro atoms. The zero-order chi connectivity index (χ0) is 19.8. The predicted octanol–water partition coefficient (Wildman–Crippen LogP) is 2.36. The van der Waals surface area contributed by atoms with E-state index in [9.17, 15) is 9.59 Å². The second kappa shape index (κ2) is 6.99. The van der Waals surface area contributed by atoms with E-state index in [1.165, 1.54) is 4.68 Å². The molecule has 9 nitrogen and oxygen atoms in total. The third-order valence-electron chi connectivity index (χ3n) is 4.69. The third kappa shape index (κ3) is 2.98. The molecule has 3 heterocycles. The van der Waals surface area contributed by atoms with Gasteiger partial charge >= 0.3 is 0 Å². The molecule has 0 bridgehead atoms. The number of hydrogen-bond donors (Lipinski definition) is 1. The summed E-state index contributed by atoms with van der Waals surface area (Å²) >= 11 is 0. The van der Waals surface area contributed by atoms with Crippen LogP contribution in [0.25, 0.3) is 10.9 Å². The van der Waals surface area contributed by atoms with Crippen LogP contribution in [0, 0.1) is 13.8 Å². The smallest absolute Gasteiger partial charge is 0.297 e. The molecular formula is C19H20N4O5. The molecule has 3 aromatic rings. The summed E-state index contributed by atoms with van der Waals surface area (Å²) in [6.45, 7) is 6.25. The standard InChI is InChI=1S/C19H20N4O5/c1-4-13(23-19(25)17-16(10(2)21-23)11(3)28-22-17)18(24)20-12-5-6-14-15(9-12)27-8-7-26-14/h5-6,9,13H,4,7-8H2,1-3H3,(H,20,24). The molecule has 0 aliphatic carbocycles. The lowest BCUT2D eigenvalue weighted by Crippen LogP contribution is -2.35. The Morgan fingerprint density at radius 2 is 2.00 bits per heavy atom. The van der Waals surface area contributed by atoms with Gasteiger partial charge in [0.25, 0.3) is 5.56 Å². The van der Waals surface area contributed by atoms with Gasteiger partial charge in [0, 0.05) is 11.8 Å². The van der Waals surface area contributed by atoms with E-state index in [1.54, 1.807) is 32.0 Å². The Morgan fingerprint density at radius 3 is 2.75 bits per heavy atom. The van der Waals surface area contributed by atoms with Crippen molar-refractivity contribution in [1.29, 1.82) is 0 Å². The maximum Gasteiger partial charge on any atom is 0.297 e. The van der Waals surface area contributed by atoms with Crippen LogP contribution in [0.5, 0.6) is 11.5 Å². The molecular weight excluding hydrogens is 364 g/mol. The number of hydrogen-bond acceptors (Lipinski definition) is 7. The highest BCUT2D eigenvalue weighted by Crippen LogP contribution is 2.33. The topological polar surface area (TPSA) is 108 Å². The van der Waals surface area contributed by atoms with Gasteiger partial charge in [0.15, 0.2) is 17.0 Å². The zero-order valence-corrected chi connectivity index (χ0v) is 15.8. The minimum atomic E-state index is -0.791. The number of anilines is 1. The van der Waals surface area contributed by atoms with E-state index < -0.39 is 11.6 Å². The number of rotatable bonds is 4. The van der Waals surface area contributed by atoms with Crippen LogP contribution in [0.3, 0.4) is 0 Å². The molecule has 146 valence electrons. The Bertz CT molecular complexity index is 1120. The largest absolute Gasteiger partial charge is 0.486 e. The van der Waals surface area contributed by atoms with Gasteiger partial charge < -0.3 is 19.3 Å². The lowest BCUT2D eigenvalue weighted by Gasteiger charge is -2.20. The van der Waals surface area contributed by atoms with E-state index in [-0.39, 0.29) is 11.4 Å². The summed E-state index contributed by atoms with van der Waals surface area (Å²) in [6.07, 6.45) is 0.380. The quantitative estimate of drug-likeness (QED) is 0.735. The van der Waals surface area contributed by atoms with Gasteiger partial charge in [0.2, 0.25) is 5.91 Å². The number of carbonyl (C=O) groups is 1. The van der Waals surface area contributed by atoms with Crippen molar-refractivity contribution in [3.8, 4) is 11.5 Å². The van der Waals surface area contributed by atoms with E-state index in [0.717, 1.165) is 0 Å². The van der Waals surface area contributed by atoms with Crippen molar-refractivity contribution in [2.75, 3.05) is 18.5 Å². The third-order valence-corrected chi connectivity index (χ3v) is 4.69. The van der Waals surface area contributed by atoms with E-state index >= 15 is 0 Å². The molecule has 1 atom stereocenters. The number of aryl methyl sites for hydroxylation is 2. The molecule has 1 N–H and O–H groups in total. The molecule has 1 aliphatic heterocycles. The second-order valence-corrected chi connectivity index (χ2v) is 6.57. The zero-order valence-electron chi connectivity index (χ0n) is 15.8. The Morgan fingerprint density at radius 1 is 1.25 bits per heavy atom. The van der Waals surface area contributed by atoms with E-state index in [2.05, 4.69) is 15.6 Å². The number of ether oxygens (including phenoxy) is 2. The maximum atomic E-state index is 12.9. The Labute approximate surface area is 160 Å². The molecule has 1 unspecified atom stereocenters. The number of nitrogens with one attached hydrogen (secondary N) is 1. The highest BCUT2D eigenvalue weighted by Gasteiger charge is 2.25. The highest BCUT2D eigenvalue weighted by molar-refractivity contribution is 5.94. The summed E-state index contributed by atoms with van der Waals surface area (Å²) < 4.78 is 17.3. The maximum absolute atomic E-state index is 12.9. The molecule has 2 aromatic heterocycles. The molecule has 0 fully saturated rings. The van der Waals surface area contributed by atoms with Gasteiger partial charge in [-0.3, -0.25) is 9.59 Å². The van der Waals surface area contributed by atoms with Crippen molar-refractivity contribution in [3.63, 3.8) is 0 Å². The first-order chi connectivity index (χ1) is 13.5. The first-order valence-corrected chi connectivity index (χ1v) is 9.05. The van der Waals surface area contributed by atoms with Crippen molar-refractivity contribution in [1.82, 2.24) is 14.9 Å². The summed E-state index contributed by atoms with van der Waals surface area (Å²) in [5, 5.41) is 11.6. The van der Waals surface area contributed by atoms with Crippen LogP contribution >= 0.6 is 0 Å². The summed E-state index contributed by atoms with van der Waals surface area (Å²) in [7, 11) is 0. The van der Waals surface area contributed by atoms with Gasteiger partial charge in [-0.2, -0.15) is 5.10 Å². The van der Waals surface area contributed by atoms with Gasteiger partial charge in [0.1, 0.15) is 25.0 Å². The van der Waals surface area contributed by atoms with Crippen LogP contribution < -0.4 is 20.3 Å². The number of benzene rings is 1. The molecule has 1 amide bonds. The Hall–Kier alpha value is -3.36. The summed E-state index contributed by atoms with van der Waals surface area (Å²) in [5.74, 6) is 1.38. The molecule has 9 heteroatoms. The van der Waals surface area contributed by atoms with Crippen molar-refractivity contribution < 1.29 is 18.8 Å². The van der Waals surface area contributed by atoms with E-state index in [4.69, 9.17) is 14.0 Å². The lowest BCUT2D eigenvalue weighted by molar-refractivity contribution is -0.119. The monoisotopic (exact) mass is 384 g/mol. The van der Waals surface area contributed by atoms with Crippen LogP contribution in [0.15, 0.2) is 27.5 Å². The fraction of sp³-hybridized carbons (Fsp3) is 0.368. The second-order valence-electron chi connectivity index (χ2n) is 6.57. The molecule has 0 saturated heterocycles. The number of nitrogens with zero attached hydrogens (tertiary/aromatic N) is 3. The number of carbonyl (C=O) groups excluding carboxylic acids is 1. The number of fused-ring (bicyclic) bond motifs is 2. The Kier molecular flexibility index (Phi) is 4.50. The molecule has 4 rings (SSSR count). The van der Waals surface area contributed by atoms with Crippen LogP contribution in [0.2, 0.25) is 0 Å². The number of amides is 1. The summed E-state index contributed by atoms with van der Waals surface area (Å²) in [5.41, 5.74) is 0.854. The average Bonchev–Trinajstić information content (AvgIpc) is 3.08. The first-order valence-electron chi connectivity index (χ1n) is 9.05. The normalized spacial score (nSPS) is 14.1. The van der Waals surface area contributed by atoms with Gasteiger partial charge in [-0.15, -0.1) is 0 Å². The number of aromatic nitrogens is 3. The lowest BCUT2D eigenvalue weighted by atomic mass is 10.2. The van der Waals surface area contributed by atoms with Crippen LogP contribution in [0.4, 0.5) is 5.69 Å². The highest BCUT2D eigenvalue weighted by atomic mass is 16.6. The SMILES string of the molecule is CCC(C(=O)Nc1ccc2c(c1)OCCO2)n1nc(C)c2c(C)onc2c1=O. The van der Waals surface area contributed by atoms with Gasteiger partial charge in [0.05, 0.1) is 11.1 Å². The van der Waals surface area contributed by atoms with Gasteiger partial charge in [-0.1, -0.05) is 12.1 Å². The van der Waals surface area contributed by atoms with E-state index in [0.29, 0.717) is 53.7 Å². The minimum Gasteiger partial charge on any atom is -0.486 e. The van der Waals surface area contributed by atoms with E-state index in [1.807, 2.05) is 6.92 Å². The first kappa shape index (κ1) is 18.0. The fourth-order valence-corrected chi connectivity index (χ4v) is 3.34. The molecule has 1 aromatic carbocycles. The average molecular weight is 384 g/mol. The van der Waals surface area contributed by atoms with Crippen molar-refractivity contribution in [2.24, 2.45) is 0 Å². The summed E-state index contributed by atoms with van der Waals surface area (Å²) in [6, 6.07) is 4.37. The van der Waals surface area contributed by atoms with Crippen molar-refractivity contribution in [2.45, 2.75) is 33.2 Å². The van der Waals surface area contributed by atoms with Crippen LogP contribution in [-0.2, 0) is 4.79 Å². The summed E-state index contributed by atoms with van der Waals surface area (Å²) in [4.78, 5) is 25.7. The van der Waals surface area contributed by atoms with Crippen molar-refractivity contribution >= 4 is 22.5 Å². The van der Waals surface area contributed by atoms with Crippen LogP contribution in [0.1, 0.15) is 30.8 Å². The molecule has 0 saturated carbocycles. The van der Waals surface area contributed by atoms with Crippen molar-refractivity contribution in [3.05, 3.63) is 40.0 Å². The van der Waals surface area contributed by atoms with Gasteiger partial charge in [-0.05, 0) is 32.4 Å². The minimum absolute atomic E-state index is 0.176. The molecule has 28 heavy (non-hydrogen) atoms. The Balaban J connectivity index is 1.66. The fourth-order valence-electron chi connectivity index (χ4n) is 3.34.